The van der Waals surface area contributed by atoms with E-state index >= 15 is 0 Å². The van der Waals surface area contributed by atoms with E-state index in [0.29, 0.717) is 0 Å². The fourth-order valence-electron chi connectivity index (χ4n) is 9.38. The lowest BCUT2D eigenvalue weighted by atomic mass is 10.0. The van der Waals surface area contributed by atoms with Crippen LogP contribution in [0.2, 0.25) is 0 Å². The van der Waals surface area contributed by atoms with Crippen LogP contribution in [0.25, 0.3) is 49.5 Å². The third kappa shape index (κ3) is 5.82. The molecule has 12 rings (SSSR count). The maximum absolute atomic E-state index is 4.93. The van der Waals surface area contributed by atoms with Gasteiger partial charge in [-0.1, -0.05) is 121 Å². The summed E-state index contributed by atoms with van der Waals surface area (Å²) >= 11 is 0. The Hall–Kier alpha value is -8.41. The van der Waals surface area contributed by atoms with Gasteiger partial charge in [0.05, 0.1) is 39.5 Å². The van der Waals surface area contributed by atoms with Crippen LogP contribution in [-0.4, -0.2) is 9.55 Å². The Morgan fingerprint density at radius 3 is 1.68 bits per heavy atom. The van der Waals surface area contributed by atoms with Crippen molar-refractivity contribution in [2.75, 3.05) is 14.7 Å². The second-order valence-corrected chi connectivity index (χ2v) is 15.7. The highest BCUT2D eigenvalue weighted by molar-refractivity contribution is 6.12. The molecule has 0 unspecified atom stereocenters. The maximum Gasteiger partial charge on any atom is 0.0781 e. The zero-order valence-electron chi connectivity index (χ0n) is 33.8. The highest BCUT2D eigenvalue weighted by Gasteiger charge is 2.32. The average molecular weight is 794 g/mol. The highest BCUT2D eigenvalue weighted by atomic mass is 15.3. The second-order valence-electron chi connectivity index (χ2n) is 15.7. The first kappa shape index (κ1) is 35.5. The number of aromatic nitrogens is 2. The third-order valence-electron chi connectivity index (χ3n) is 12.1. The van der Waals surface area contributed by atoms with Gasteiger partial charge in [0.15, 0.2) is 0 Å². The van der Waals surface area contributed by atoms with Gasteiger partial charge < -0.3 is 19.3 Å². The van der Waals surface area contributed by atoms with Crippen molar-refractivity contribution in [1.29, 1.82) is 0 Å². The number of anilines is 9. The molecule has 0 atom stereocenters. The van der Waals surface area contributed by atoms with E-state index in [1.54, 1.807) is 0 Å². The molecule has 5 nitrogen and oxygen atoms in total. The van der Waals surface area contributed by atoms with Crippen LogP contribution in [0.4, 0.5) is 51.2 Å². The molecular weight excluding hydrogens is 755 g/mol. The van der Waals surface area contributed by atoms with Crippen LogP contribution in [0.3, 0.4) is 0 Å². The smallest absolute Gasteiger partial charge is 0.0781 e. The molecule has 0 bridgehead atoms. The summed E-state index contributed by atoms with van der Waals surface area (Å²) in [5.74, 6) is 0. The van der Waals surface area contributed by atoms with Crippen molar-refractivity contribution in [1.82, 2.24) is 9.55 Å². The van der Waals surface area contributed by atoms with E-state index in [0.717, 1.165) is 73.5 Å². The normalized spacial score (nSPS) is 12.1. The molecule has 0 spiro atoms. The predicted molar refractivity (Wildman–Crippen MR) is 259 cm³/mol. The van der Waals surface area contributed by atoms with Crippen LogP contribution in [0.15, 0.2) is 237 Å². The Bertz CT molecular complexity index is 3390. The fraction of sp³-hybridized carbons (Fsp3) is 0. The maximum atomic E-state index is 4.93. The minimum Gasteiger partial charge on any atom is -0.310 e. The topological polar surface area (TPSA) is 27.5 Å². The quantitative estimate of drug-likeness (QED) is 0.161. The lowest BCUT2D eigenvalue weighted by molar-refractivity contribution is 1.16. The first-order valence-electron chi connectivity index (χ1n) is 21.0. The molecule has 62 heavy (non-hydrogen) atoms. The van der Waals surface area contributed by atoms with Crippen LogP contribution >= 0.6 is 0 Å². The summed E-state index contributed by atoms with van der Waals surface area (Å²) < 4.78 is 2.38. The zero-order chi connectivity index (χ0) is 41.0. The van der Waals surface area contributed by atoms with E-state index in [-0.39, 0.29) is 0 Å². The molecule has 3 heterocycles. The van der Waals surface area contributed by atoms with Gasteiger partial charge in [-0.3, -0.25) is 4.98 Å². The predicted octanol–water partition coefficient (Wildman–Crippen LogP) is 15.7. The Morgan fingerprint density at radius 2 is 0.919 bits per heavy atom. The van der Waals surface area contributed by atoms with Crippen molar-refractivity contribution in [2.24, 2.45) is 0 Å². The molecule has 0 N–H and O–H groups in total. The first-order chi connectivity index (χ1) is 30.8. The summed E-state index contributed by atoms with van der Waals surface area (Å²) in [6.45, 7) is 0. The Balaban J connectivity index is 1.10. The number of benzene rings is 9. The molecule has 0 saturated carbocycles. The average Bonchev–Trinajstić information content (AvgIpc) is 3.68. The van der Waals surface area contributed by atoms with Gasteiger partial charge in [0, 0.05) is 62.0 Å². The summed E-state index contributed by atoms with van der Waals surface area (Å²) in [5.41, 5.74) is 15.2. The van der Waals surface area contributed by atoms with Crippen LogP contribution < -0.4 is 14.7 Å². The summed E-state index contributed by atoms with van der Waals surface area (Å²) in [6.07, 6.45) is 1.91. The number of hydrogen-bond donors (Lipinski definition) is 0. The monoisotopic (exact) mass is 793 g/mol. The van der Waals surface area contributed by atoms with E-state index in [4.69, 9.17) is 4.98 Å². The molecule has 0 saturated heterocycles. The molecule has 1 aliphatic rings. The number of nitrogens with zero attached hydrogens (tertiary/aromatic N) is 5. The van der Waals surface area contributed by atoms with Crippen molar-refractivity contribution >= 4 is 83.8 Å². The molecule has 9 aromatic carbocycles. The van der Waals surface area contributed by atoms with Gasteiger partial charge in [0.2, 0.25) is 0 Å². The van der Waals surface area contributed by atoms with Crippen LogP contribution in [0, 0.1) is 0 Å². The van der Waals surface area contributed by atoms with Crippen LogP contribution in [0.5, 0.6) is 0 Å². The van der Waals surface area contributed by atoms with E-state index in [1.807, 2.05) is 6.20 Å². The summed E-state index contributed by atoms with van der Waals surface area (Å²) in [4.78, 5) is 12.1. The molecule has 0 radical (unpaired) electrons. The lowest BCUT2D eigenvalue weighted by Gasteiger charge is -2.41. The minimum absolute atomic E-state index is 0.969. The second kappa shape index (κ2) is 14.7. The van der Waals surface area contributed by atoms with Crippen molar-refractivity contribution < 1.29 is 0 Å². The van der Waals surface area contributed by atoms with Crippen molar-refractivity contribution in [3.05, 3.63) is 237 Å². The Morgan fingerprint density at radius 1 is 0.339 bits per heavy atom. The molecule has 5 heteroatoms. The summed E-state index contributed by atoms with van der Waals surface area (Å²) in [7, 11) is 0. The van der Waals surface area contributed by atoms with Gasteiger partial charge >= 0.3 is 0 Å². The largest absolute Gasteiger partial charge is 0.310 e. The molecule has 0 fully saturated rings. The molecule has 292 valence electrons. The van der Waals surface area contributed by atoms with Crippen LogP contribution in [-0.2, 0) is 0 Å². The van der Waals surface area contributed by atoms with Gasteiger partial charge in [0.1, 0.15) is 0 Å². The molecule has 1 aliphatic heterocycles. The number of pyridine rings is 1. The minimum atomic E-state index is 0.969. The molecule has 0 aliphatic carbocycles. The van der Waals surface area contributed by atoms with Crippen LogP contribution in [0.1, 0.15) is 0 Å². The van der Waals surface area contributed by atoms with Gasteiger partial charge in [0.25, 0.3) is 0 Å². The zero-order valence-corrected chi connectivity index (χ0v) is 33.8. The van der Waals surface area contributed by atoms with Crippen molar-refractivity contribution in [3.63, 3.8) is 0 Å². The molecule has 11 aromatic rings. The van der Waals surface area contributed by atoms with Gasteiger partial charge in [-0.05, 0) is 115 Å². The number of fused-ring (bicyclic) bond motifs is 6. The lowest BCUT2D eigenvalue weighted by Crippen LogP contribution is -2.24. The highest BCUT2D eigenvalue weighted by Crippen LogP contribution is 2.56. The van der Waals surface area contributed by atoms with Gasteiger partial charge in [-0.2, -0.15) is 0 Å². The number of hydrogen-bond acceptors (Lipinski definition) is 4. The molecule has 0 amide bonds. The van der Waals surface area contributed by atoms with E-state index in [9.17, 15) is 0 Å². The van der Waals surface area contributed by atoms with Gasteiger partial charge in [-0.25, -0.2) is 0 Å². The Kier molecular flexibility index (Phi) is 8.42. The van der Waals surface area contributed by atoms with Crippen molar-refractivity contribution in [3.8, 4) is 16.9 Å². The number of para-hydroxylation sites is 6. The van der Waals surface area contributed by atoms with E-state index < -0.39 is 0 Å². The van der Waals surface area contributed by atoms with Crippen molar-refractivity contribution in [2.45, 2.75) is 0 Å². The Labute approximate surface area is 360 Å². The standard InChI is InChI=1S/C57H39N5/c1-4-19-42(20-5-1)59(43-21-6-2-7-22-43)47-32-34-55-56(39-47)62(46-31-33-52-50(38-46)49-27-12-13-28-51(49)60(52)44-23-8-3-9-24-44)54-30-15-14-29-53(54)61(55)45-25-16-18-41(37-45)57-48-26-11-10-17-40(48)35-36-58-57/h1-39H. The summed E-state index contributed by atoms with van der Waals surface area (Å²) in [5, 5.41) is 4.72. The molecule has 2 aromatic heterocycles. The van der Waals surface area contributed by atoms with E-state index in [1.165, 1.54) is 27.2 Å². The van der Waals surface area contributed by atoms with Gasteiger partial charge in [-0.15, -0.1) is 0 Å². The number of rotatable bonds is 7. The third-order valence-corrected chi connectivity index (χ3v) is 12.1. The fourth-order valence-corrected chi connectivity index (χ4v) is 9.38. The SMILES string of the molecule is c1ccc(N(c2ccccc2)c2ccc3c(c2)N(c2ccc4c(c2)c2ccccc2n4-c2ccccc2)c2ccccc2N3c2cccc(-c3nccc4ccccc34)c2)cc1. The summed E-state index contributed by atoms with van der Waals surface area (Å²) in [6, 6.07) is 82.7. The van der Waals surface area contributed by atoms with E-state index in [2.05, 4.69) is 250 Å². The first-order valence-corrected chi connectivity index (χ1v) is 21.0. The molecular formula is C57H39N5.